The van der Waals surface area contributed by atoms with Gasteiger partial charge in [-0.25, -0.2) is 4.39 Å². The maximum Gasteiger partial charge on any atom is 0.263 e. The number of amides is 1. The molecule has 0 spiro atoms. The molecule has 5 heteroatoms. The number of piperidine rings is 1. The summed E-state index contributed by atoms with van der Waals surface area (Å²) in [5.74, 6) is 0.579. The van der Waals surface area contributed by atoms with Crippen LogP contribution in [0.15, 0.2) is 24.3 Å². The number of ether oxygens (including phenoxy) is 1. The smallest absolute Gasteiger partial charge is 0.263 e. The maximum atomic E-state index is 13.7. The minimum absolute atomic E-state index is 0.0265. The molecule has 4 nitrogen and oxygen atoms in total. The van der Waals surface area contributed by atoms with E-state index in [1.807, 2.05) is 11.8 Å². The first-order valence-corrected chi connectivity index (χ1v) is 9.10. The Morgan fingerprint density at radius 2 is 2.00 bits per heavy atom. The lowest BCUT2D eigenvalue weighted by Gasteiger charge is -2.34. The van der Waals surface area contributed by atoms with Crippen molar-refractivity contribution in [2.45, 2.75) is 51.2 Å². The summed E-state index contributed by atoms with van der Waals surface area (Å²) < 4.78 is 19.4. The highest BCUT2D eigenvalue weighted by Crippen LogP contribution is 2.28. The van der Waals surface area contributed by atoms with Gasteiger partial charge in [-0.2, -0.15) is 0 Å². The van der Waals surface area contributed by atoms with Gasteiger partial charge in [0.25, 0.3) is 5.91 Å². The first-order valence-electron chi connectivity index (χ1n) is 9.10. The average molecular weight is 334 g/mol. The summed E-state index contributed by atoms with van der Waals surface area (Å²) in [5.41, 5.74) is 0. The molecule has 132 valence electrons. The Labute approximate surface area is 143 Å². The summed E-state index contributed by atoms with van der Waals surface area (Å²) in [6.07, 6.45) is 4.60. The summed E-state index contributed by atoms with van der Waals surface area (Å²) in [4.78, 5) is 14.6. The quantitative estimate of drug-likeness (QED) is 0.833. The van der Waals surface area contributed by atoms with Crippen LogP contribution in [0.5, 0.6) is 5.75 Å². The Bertz CT molecular complexity index is 554. The lowest BCUT2D eigenvalue weighted by molar-refractivity contribution is -0.140. The van der Waals surface area contributed by atoms with E-state index in [-0.39, 0.29) is 11.7 Å². The van der Waals surface area contributed by atoms with Gasteiger partial charge in [0.1, 0.15) is 0 Å². The van der Waals surface area contributed by atoms with E-state index in [9.17, 15) is 9.18 Å². The van der Waals surface area contributed by atoms with E-state index in [0.29, 0.717) is 12.5 Å². The summed E-state index contributed by atoms with van der Waals surface area (Å²) in [6.45, 7) is 4.51. The third-order valence-electron chi connectivity index (χ3n) is 4.95. The number of halogens is 1. The Morgan fingerprint density at radius 1 is 1.29 bits per heavy atom. The molecule has 1 aromatic carbocycles. The third kappa shape index (κ3) is 4.47. The third-order valence-corrected chi connectivity index (χ3v) is 4.95. The van der Waals surface area contributed by atoms with Gasteiger partial charge in [-0.1, -0.05) is 19.1 Å². The predicted octanol–water partition coefficient (Wildman–Crippen LogP) is 2.97. The van der Waals surface area contributed by atoms with Crippen molar-refractivity contribution in [2.75, 3.05) is 19.6 Å². The van der Waals surface area contributed by atoms with E-state index in [1.54, 1.807) is 18.2 Å². The highest BCUT2D eigenvalue weighted by molar-refractivity contribution is 5.81. The topological polar surface area (TPSA) is 41.6 Å². The van der Waals surface area contributed by atoms with Crippen molar-refractivity contribution < 1.29 is 13.9 Å². The maximum absolute atomic E-state index is 13.7. The molecule has 1 atom stereocenters. The monoisotopic (exact) mass is 334 g/mol. The molecule has 2 aliphatic rings. The summed E-state index contributed by atoms with van der Waals surface area (Å²) in [7, 11) is 0. The van der Waals surface area contributed by atoms with Crippen LogP contribution >= 0.6 is 0 Å². The number of benzene rings is 1. The fourth-order valence-corrected chi connectivity index (χ4v) is 3.16. The molecule has 1 aliphatic carbocycles. The van der Waals surface area contributed by atoms with E-state index in [2.05, 4.69) is 5.32 Å². The van der Waals surface area contributed by atoms with Crippen molar-refractivity contribution in [3.63, 3.8) is 0 Å². The zero-order chi connectivity index (χ0) is 16.9. The van der Waals surface area contributed by atoms with Gasteiger partial charge in [0.05, 0.1) is 0 Å². The van der Waals surface area contributed by atoms with E-state index in [0.717, 1.165) is 38.4 Å². The largest absolute Gasteiger partial charge is 0.478 e. The van der Waals surface area contributed by atoms with Crippen molar-refractivity contribution in [1.82, 2.24) is 10.2 Å². The van der Waals surface area contributed by atoms with Gasteiger partial charge in [0.15, 0.2) is 17.7 Å². The molecule has 1 unspecified atom stereocenters. The number of hydrogen-bond donors (Lipinski definition) is 1. The molecular weight excluding hydrogens is 307 g/mol. The lowest BCUT2D eigenvalue weighted by atomic mass is 10.0. The number of likely N-dealkylation sites (tertiary alicyclic amines) is 1. The number of hydrogen-bond acceptors (Lipinski definition) is 3. The van der Waals surface area contributed by atoms with Crippen LogP contribution in [0, 0.1) is 11.7 Å². The van der Waals surface area contributed by atoms with Gasteiger partial charge in [0.2, 0.25) is 0 Å². The minimum atomic E-state index is -0.613. The first kappa shape index (κ1) is 17.2. The number of para-hydroxylation sites is 1. The number of rotatable bonds is 7. The van der Waals surface area contributed by atoms with Gasteiger partial charge in [-0.3, -0.25) is 4.79 Å². The van der Waals surface area contributed by atoms with Gasteiger partial charge in [-0.05, 0) is 56.7 Å². The predicted molar refractivity (Wildman–Crippen MR) is 91.4 cm³/mol. The summed E-state index contributed by atoms with van der Waals surface area (Å²) in [5, 5.41) is 3.61. The molecule has 1 aliphatic heterocycles. The number of carbonyl (C=O) groups excluding carboxylic acids is 1. The van der Waals surface area contributed by atoms with E-state index in [4.69, 9.17) is 4.74 Å². The molecule has 0 aromatic heterocycles. The molecule has 1 heterocycles. The fraction of sp³-hybridized carbons (Fsp3) is 0.632. The van der Waals surface area contributed by atoms with Crippen LogP contribution in [-0.4, -0.2) is 42.6 Å². The van der Waals surface area contributed by atoms with Gasteiger partial charge in [-0.15, -0.1) is 0 Å². The SMILES string of the molecule is CCC(Oc1ccccc1F)C(=O)N1CCC(NCC2CC2)CC1. The molecule has 2 fully saturated rings. The molecule has 1 saturated heterocycles. The van der Waals surface area contributed by atoms with Crippen LogP contribution in [-0.2, 0) is 4.79 Å². The summed E-state index contributed by atoms with van der Waals surface area (Å²) in [6, 6.07) is 6.77. The minimum Gasteiger partial charge on any atom is -0.478 e. The molecule has 0 radical (unpaired) electrons. The van der Waals surface area contributed by atoms with Gasteiger partial charge >= 0.3 is 0 Å². The van der Waals surface area contributed by atoms with Crippen molar-refractivity contribution in [1.29, 1.82) is 0 Å². The number of carbonyl (C=O) groups is 1. The molecule has 3 rings (SSSR count). The van der Waals surface area contributed by atoms with E-state index < -0.39 is 11.9 Å². The van der Waals surface area contributed by atoms with Crippen LogP contribution in [0.3, 0.4) is 0 Å². The molecular formula is C19H27FN2O2. The molecule has 24 heavy (non-hydrogen) atoms. The Morgan fingerprint density at radius 3 is 2.62 bits per heavy atom. The molecule has 1 amide bonds. The molecule has 1 N–H and O–H groups in total. The summed E-state index contributed by atoms with van der Waals surface area (Å²) >= 11 is 0. The second-order valence-electron chi connectivity index (χ2n) is 6.90. The Kier molecular flexibility index (Phi) is 5.72. The number of nitrogens with one attached hydrogen (secondary N) is 1. The molecule has 1 saturated carbocycles. The van der Waals surface area contributed by atoms with Crippen LogP contribution in [0.1, 0.15) is 39.0 Å². The Balaban J connectivity index is 1.50. The Hall–Kier alpha value is -1.62. The van der Waals surface area contributed by atoms with Crippen LogP contribution in [0.2, 0.25) is 0 Å². The normalized spacial score (nSPS) is 20.0. The highest BCUT2D eigenvalue weighted by atomic mass is 19.1. The zero-order valence-electron chi connectivity index (χ0n) is 14.3. The van der Waals surface area contributed by atoms with Gasteiger partial charge < -0.3 is 15.0 Å². The number of nitrogens with zero attached hydrogens (tertiary/aromatic N) is 1. The van der Waals surface area contributed by atoms with Crippen LogP contribution in [0.4, 0.5) is 4.39 Å². The molecule has 0 bridgehead atoms. The van der Waals surface area contributed by atoms with Crippen molar-refractivity contribution in [3.8, 4) is 5.75 Å². The standard InChI is InChI=1S/C19H27FN2O2/c1-2-17(24-18-6-4-3-5-16(18)20)19(23)22-11-9-15(10-12-22)21-13-14-7-8-14/h3-6,14-15,17,21H,2,7-13H2,1H3. The zero-order valence-corrected chi connectivity index (χ0v) is 14.3. The van der Waals surface area contributed by atoms with Crippen LogP contribution < -0.4 is 10.1 Å². The van der Waals surface area contributed by atoms with Crippen molar-refractivity contribution >= 4 is 5.91 Å². The highest BCUT2D eigenvalue weighted by Gasteiger charge is 2.30. The van der Waals surface area contributed by atoms with E-state index in [1.165, 1.54) is 18.9 Å². The van der Waals surface area contributed by atoms with E-state index >= 15 is 0 Å². The lowest BCUT2D eigenvalue weighted by Crippen LogP contribution is -2.49. The fourth-order valence-electron chi connectivity index (χ4n) is 3.16. The second-order valence-corrected chi connectivity index (χ2v) is 6.90. The first-order chi connectivity index (χ1) is 11.7. The van der Waals surface area contributed by atoms with Gasteiger partial charge in [0, 0.05) is 19.1 Å². The average Bonchev–Trinajstić information content (AvgIpc) is 3.44. The second kappa shape index (κ2) is 7.97. The van der Waals surface area contributed by atoms with Crippen molar-refractivity contribution in [2.24, 2.45) is 5.92 Å². The van der Waals surface area contributed by atoms with Crippen LogP contribution in [0.25, 0.3) is 0 Å². The van der Waals surface area contributed by atoms with Crippen molar-refractivity contribution in [3.05, 3.63) is 30.1 Å². The molecule has 1 aromatic rings.